The van der Waals surface area contributed by atoms with Crippen LogP contribution in [0.25, 0.3) is 0 Å². The normalized spacial score (nSPS) is 14.2. The van der Waals surface area contributed by atoms with E-state index >= 15 is 0 Å². The zero-order valence-electron chi connectivity index (χ0n) is 23.6. The quantitative estimate of drug-likeness (QED) is 0.139. The minimum Gasteiger partial charge on any atom is -0.388 e. The van der Waals surface area contributed by atoms with Crippen LogP contribution in [0, 0.1) is 0 Å². The van der Waals surface area contributed by atoms with Gasteiger partial charge in [-0.1, -0.05) is 127 Å². The molecule has 0 fully saturated rings. The molecule has 0 amide bonds. The van der Waals surface area contributed by atoms with Gasteiger partial charge in [-0.3, -0.25) is 0 Å². The van der Waals surface area contributed by atoms with Crippen molar-refractivity contribution in [2.45, 2.75) is 57.1 Å². The molecule has 0 aliphatic carbocycles. The summed E-state index contributed by atoms with van der Waals surface area (Å²) in [6.45, 7) is 5.90. The third-order valence-electron chi connectivity index (χ3n) is 6.90. The topological polar surface area (TPSA) is 60.0 Å². The summed E-state index contributed by atoms with van der Waals surface area (Å²) in [6.07, 6.45) is 0.441. The van der Waals surface area contributed by atoms with E-state index in [1.807, 2.05) is 115 Å². The molecule has 2 N–H and O–H groups in total. The van der Waals surface area contributed by atoms with E-state index in [0.29, 0.717) is 32.8 Å². The first-order valence-electron chi connectivity index (χ1n) is 14.2. The number of hydrogen-bond donors (Lipinski definition) is 2. The van der Waals surface area contributed by atoms with Gasteiger partial charge < -0.3 is 24.6 Å². The Morgan fingerprint density at radius 2 is 1.05 bits per heavy atom. The van der Waals surface area contributed by atoms with Gasteiger partial charge in [-0.2, -0.15) is 0 Å². The van der Waals surface area contributed by atoms with Gasteiger partial charge >= 0.3 is 0 Å². The van der Waals surface area contributed by atoms with Crippen molar-refractivity contribution in [2.75, 3.05) is 6.61 Å². The summed E-state index contributed by atoms with van der Waals surface area (Å²) in [5.41, 5.74) is 4.29. The van der Waals surface area contributed by atoms with E-state index in [0.717, 1.165) is 22.3 Å². The predicted octanol–water partition coefficient (Wildman–Crippen LogP) is 6.47. The second-order valence-electron chi connectivity index (χ2n) is 10.1. The molecule has 4 aromatic carbocycles. The lowest BCUT2D eigenvalue weighted by Gasteiger charge is -2.36. The second-order valence-corrected chi connectivity index (χ2v) is 10.1. The van der Waals surface area contributed by atoms with Crippen LogP contribution in [-0.2, 0) is 40.6 Å². The van der Waals surface area contributed by atoms with Crippen LogP contribution in [0.1, 0.15) is 28.7 Å². The molecule has 5 nitrogen and oxygen atoms in total. The maximum atomic E-state index is 11.6. The highest BCUT2D eigenvalue weighted by Gasteiger charge is 2.36. The third kappa shape index (κ3) is 10.4. The van der Waals surface area contributed by atoms with Gasteiger partial charge in [0, 0.05) is 12.6 Å². The molecule has 0 heterocycles. The van der Waals surface area contributed by atoms with E-state index in [4.69, 9.17) is 14.2 Å². The summed E-state index contributed by atoms with van der Waals surface area (Å²) in [4.78, 5) is 0. The zero-order chi connectivity index (χ0) is 28.5. The summed E-state index contributed by atoms with van der Waals surface area (Å²) in [5, 5.41) is 15.2. The molecule has 4 atom stereocenters. The highest BCUT2D eigenvalue weighted by molar-refractivity contribution is 5.16. The fourth-order valence-electron chi connectivity index (χ4n) is 4.72. The van der Waals surface area contributed by atoms with Crippen molar-refractivity contribution in [3.05, 3.63) is 156 Å². The lowest BCUT2D eigenvalue weighted by Crippen LogP contribution is -2.53. The second kappa shape index (κ2) is 17.3. The number of hydrogen-bond acceptors (Lipinski definition) is 5. The van der Waals surface area contributed by atoms with Crippen LogP contribution in [0.4, 0.5) is 0 Å². The lowest BCUT2D eigenvalue weighted by molar-refractivity contribution is -0.156. The monoisotopic (exact) mass is 551 g/mol. The van der Waals surface area contributed by atoms with Gasteiger partial charge in [0.25, 0.3) is 0 Å². The van der Waals surface area contributed by atoms with E-state index in [1.54, 1.807) is 0 Å². The molecular weight excluding hydrogens is 510 g/mol. The molecule has 4 aromatic rings. The molecule has 0 saturated heterocycles. The van der Waals surface area contributed by atoms with Gasteiger partial charge in [0.05, 0.1) is 26.4 Å². The zero-order valence-corrected chi connectivity index (χ0v) is 23.6. The summed E-state index contributed by atoms with van der Waals surface area (Å²) in [5.74, 6) is 0. The molecule has 0 aliphatic rings. The van der Waals surface area contributed by atoms with Gasteiger partial charge in [0.15, 0.2) is 0 Å². The van der Waals surface area contributed by atoms with E-state index in [1.165, 1.54) is 0 Å². The van der Waals surface area contributed by atoms with Gasteiger partial charge in [0.1, 0.15) is 18.3 Å². The Kier molecular flexibility index (Phi) is 12.8. The molecule has 4 rings (SSSR count). The molecule has 0 bridgehead atoms. The summed E-state index contributed by atoms with van der Waals surface area (Å²) in [7, 11) is 0. The molecular formula is C36H41NO4. The lowest BCUT2D eigenvalue weighted by atomic mass is 9.97. The van der Waals surface area contributed by atoms with E-state index in [-0.39, 0.29) is 12.6 Å². The van der Waals surface area contributed by atoms with Crippen molar-refractivity contribution in [1.29, 1.82) is 0 Å². The maximum absolute atomic E-state index is 11.6. The van der Waals surface area contributed by atoms with Gasteiger partial charge in [0.2, 0.25) is 0 Å². The number of aliphatic hydroxyl groups is 1. The van der Waals surface area contributed by atoms with Crippen LogP contribution in [0.5, 0.6) is 0 Å². The number of nitrogens with one attached hydrogen (secondary N) is 1. The largest absolute Gasteiger partial charge is 0.388 e. The molecule has 0 spiro atoms. The first-order valence-corrected chi connectivity index (χ1v) is 14.2. The van der Waals surface area contributed by atoms with Crippen LogP contribution in [-0.4, -0.2) is 36.1 Å². The molecule has 5 heteroatoms. The average molecular weight is 552 g/mol. The van der Waals surface area contributed by atoms with E-state index < -0.39 is 18.3 Å². The summed E-state index contributed by atoms with van der Waals surface area (Å²) >= 11 is 0. The average Bonchev–Trinajstić information content (AvgIpc) is 3.03. The minimum absolute atomic E-state index is 0.110. The van der Waals surface area contributed by atoms with E-state index in [9.17, 15) is 5.11 Å². The molecule has 0 aromatic heterocycles. The Hall–Kier alpha value is -3.58. The van der Waals surface area contributed by atoms with Gasteiger partial charge in [-0.15, -0.1) is 6.58 Å². The van der Waals surface area contributed by atoms with Crippen LogP contribution < -0.4 is 5.32 Å². The molecule has 0 radical (unpaired) electrons. The van der Waals surface area contributed by atoms with Crippen molar-refractivity contribution in [3.63, 3.8) is 0 Å². The smallest absolute Gasteiger partial charge is 0.114 e. The van der Waals surface area contributed by atoms with Gasteiger partial charge in [-0.25, -0.2) is 0 Å². The molecule has 0 saturated carbocycles. The third-order valence-corrected chi connectivity index (χ3v) is 6.90. The fourth-order valence-corrected chi connectivity index (χ4v) is 4.72. The minimum atomic E-state index is -0.922. The van der Waals surface area contributed by atoms with Crippen LogP contribution in [0.3, 0.4) is 0 Å². The van der Waals surface area contributed by atoms with Crippen molar-refractivity contribution >= 4 is 0 Å². The van der Waals surface area contributed by atoms with Crippen LogP contribution in [0.15, 0.2) is 134 Å². The van der Waals surface area contributed by atoms with Crippen LogP contribution in [0.2, 0.25) is 0 Å². The van der Waals surface area contributed by atoms with Crippen molar-refractivity contribution < 1.29 is 19.3 Å². The molecule has 41 heavy (non-hydrogen) atoms. The standard InChI is InChI=1S/C36H41NO4/c1-2-15-33(37-24-29-16-7-3-8-17-29)35(40-26-31-20-11-5-12-21-31)36(41-27-32-22-13-6-14-23-32)34(38)28-39-25-30-18-9-4-10-19-30/h2-14,16-23,33-38H,1,15,24-28H2/t33?,34-,35+,36+/m0/s1. The Balaban J connectivity index is 1.56. The summed E-state index contributed by atoms with van der Waals surface area (Å²) in [6, 6.07) is 40.1. The Morgan fingerprint density at radius 3 is 1.54 bits per heavy atom. The predicted molar refractivity (Wildman–Crippen MR) is 164 cm³/mol. The van der Waals surface area contributed by atoms with E-state index in [2.05, 4.69) is 24.0 Å². The first kappa shape index (κ1) is 30.4. The fraction of sp³-hybridized carbons (Fsp3) is 0.278. The number of benzene rings is 4. The number of rotatable bonds is 18. The SMILES string of the molecule is C=CCC(NCc1ccccc1)[C@@H](OCc1ccccc1)[C@H](OCc1ccccc1)[C@@H](O)COCc1ccccc1. The Labute approximate surface area is 244 Å². The summed E-state index contributed by atoms with van der Waals surface area (Å²) < 4.78 is 19.1. The molecule has 1 unspecified atom stereocenters. The number of ether oxygens (including phenoxy) is 3. The highest BCUT2D eigenvalue weighted by Crippen LogP contribution is 2.21. The number of aliphatic hydroxyl groups excluding tert-OH is 1. The van der Waals surface area contributed by atoms with Crippen molar-refractivity contribution in [1.82, 2.24) is 5.32 Å². The maximum Gasteiger partial charge on any atom is 0.114 e. The Bertz CT molecular complexity index is 1240. The van der Waals surface area contributed by atoms with Crippen molar-refractivity contribution in [2.24, 2.45) is 0 Å². The first-order chi connectivity index (χ1) is 20.2. The van der Waals surface area contributed by atoms with Crippen molar-refractivity contribution in [3.8, 4) is 0 Å². The highest BCUT2D eigenvalue weighted by atomic mass is 16.6. The van der Waals surface area contributed by atoms with Crippen LogP contribution >= 0.6 is 0 Å². The molecule has 214 valence electrons. The molecule has 0 aliphatic heterocycles. The Morgan fingerprint density at radius 1 is 0.610 bits per heavy atom. The van der Waals surface area contributed by atoms with Gasteiger partial charge in [-0.05, 0) is 28.7 Å².